The van der Waals surface area contributed by atoms with Crippen LogP contribution in [0.15, 0.2) is 42.5 Å². The van der Waals surface area contributed by atoms with E-state index in [0.29, 0.717) is 11.5 Å². The standard InChI is InChI=1S/C13H10ClFO/c1-9-5-7-10(8-6-9)16-12-4-2-3-11(15)13(12)14/h2-8H,1H3. The van der Waals surface area contributed by atoms with Gasteiger partial charge in [0.25, 0.3) is 0 Å². The Morgan fingerprint density at radius 1 is 1.06 bits per heavy atom. The highest BCUT2D eigenvalue weighted by molar-refractivity contribution is 6.32. The van der Waals surface area contributed by atoms with Crippen molar-refractivity contribution in [3.05, 3.63) is 58.9 Å². The van der Waals surface area contributed by atoms with Gasteiger partial charge in [-0.15, -0.1) is 0 Å². The van der Waals surface area contributed by atoms with Crippen molar-refractivity contribution < 1.29 is 9.13 Å². The molecule has 16 heavy (non-hydrogen) atoms. The molecule has 0 saturated carbocycles. The van der Waals surface area contributed by atoms with Gasteiger partial charge in [0.05, 0.1) is 0 Å². The zero-order valence-corrected chi connectivity index (χ0v) is 9.46. The van der Waals surface area contributed by atoms with Crippen LogP contribution in [0.2, 0.25) is 5.02 Å². The monoisotopic (exact) mass is 236 g/mol. The van der Waals surface area contributed by atoms with Crippen molar-refractivity contribution in [3.8, 4) is 11.5 Å². The summed E-state index contributed by atoms with van der Waals surface area (Å²) in [6.45, 7) is 1.99. The smallest absolute Gasteiger partial charge is 0.149 e. The largest absolute Gasteiger partial charge is 0.456 e. The molecule has 0 spiro atoms. The lowest BCUT2D eigenvalue weighted by Crippen LogP contribution is -1.87. The van der Waals surface area contributed by atoms with E-state index in [-0.39, 0.29) is 5.02 Å². The van der Waals surface area contributed by atoms with Crippen LogP contribution in [0.25, 0.3) is 0 Å². The number of hydrogen-bond donors (Lipinski definition) is 0. The molecule has 0 atom stereocenters. The number of rotatable bonds is 2. The number of halogens is 2. The Morgan fingerprint density at radius 3 is 2.44 bits per heavy atom. The van der Waals surface area contributed by atoms with Crippen LogP contribution in [0.5, 0.6) is 11.5 Å². The van der Waals surface area contributed by atoms with Gasteiger partial charge in [-0.2, -0.15) is 0 Å². The average Bonchev–Trinajstić information content (AvgIpc) is 2.28. The Bertz CT molecular complexity index is 494. The highest BCUT2D eigenvalue weighted by Gasteiger charge is 2.07. The fraction of sp³-hybridized carbons (Fsp3) is 0.0769. The van der Waals surface area contributed by atoms with Gasteiger partial charge in [-0.3, -0.25) is 0 Å². The molecule has 0 bridgehead atoms. The molecule has 82 valence electrons. The summed E-state index contributed by atoms with van der Waals surface area (Å²) < 4.78 is 18.6. The lowest BCUT2D eigenvalue weighted by Gasteiger charge is -2.07. The summed E-state index contributed by atoms with van der Waals surface area (Å²) in [5.41, 5.74) is 1.14. The zero-order valence-electron chi connectivity index (χ0n) is 8.71. The highest BCUT2D eigenvalue weighted by Crippen LogP contribution is 2.31. The summed E-state index contributed by atoms with van der Waals surface area (Å²) in [5.74, 6) is 0.481. The minimum Gasteiger partial charge on any atom is -0.456 e. The number of benzene rings is 2. The van der Waals surface area contributed by atoms with Crippen molar-refractivity contribution in [1.82, 2.24) is 0 Å². The molecule has 0 heterocycles. The lowest BCUT2D eigenvalue weighted by atomic mass is 10.2. The van der Waals surface area contributed by atoms with Gasteiger partial charge < -0.3 is 4.74 Å². The van der Waals surface area contributed by atoms with E-state index in [1.807, 2.05) is 31.2 Å². The number of aryl methyl sites for hydroxylation is 1. The molecule has 0 fully saturated rings. The summed E-state index contributed by atoms with van der Waals surface area (Å²) in [6.07, 6.45) is 0. The quantitative estimate of drug-likeness (QED) is 0.742. The molecular formula is C13H10ClFO. The molecule has 0 radical (unpaired) electrons. The van der Waals surface area contributed by atoms with Crippen molar-refractivity contribution in [2.75, 3.05) is 0 Å². The van der Waals surface area contributed by atoms with E-state index in [9.17, 15) is 4.39 Å². The number of ether oxygens (including phenoxy) is 1. The number of hydrogen-bond acceptors (Lipinski definition) is 1. The fourth-order valence-corrected chi connectivity index (χ4v) is 1.46. The molecule has 0 aromatic heterocycles. The first-order valence-corrected chi connectivity index (χ1v) is 5.23. The van der Waals surface area contributed by atoms with Gasteiger partial charge in [0, 0.05) is 0 Å². The molecule has 1 nitrogen and oxygen atoms in total. The third-order valence-electron chi connectivity index (χ3n) is 2.16. The molecule has 0 aliphatic carbocycles. The second-order valence-electron chi connectivity index (χ2n) is 3.47. The first-order chi connectivity index (χ1) is 7.66. The van der Waals surface area contributed by atoms with E-state index >= 15 is 0 Å². The lowest BCUT2D eigenvalue weighted by molar-refractivity contribution is 0.477. The van der Waals surface area contributed by atoms with Gasteiger partial charge in [0.15, 0.2) is 0 Å². The van der Waals surface area contributed by atoms with Gasteiger partial charge in [-0.05, 0) is 31.2 Å². The average molecular weight is 237 g/mol. The first-order valence-electron chi connectivity index (χ1n) is 4.85. The molecule has 0 aliphatic heterocycles. The Kier molecular flexibility index (Phi) is 3.11. The maximum atomic E-state index is 13.1. The van der Waals surface area contributed by atoms with E-state index in [1.54, 1.807) is 12.1 Å². The molecular weight excluding hydrogens is 227 g/mol. The predicted molar refractivity (Wildman–Crippen MR) is 62.7 cm³/mol. The van der Waals surface area contributed by atoms with Crippen molar-refractivity contribution >= 4 is 11.6 Å². The van der Waals surface area contributed by atoms with E-state index in [4.69, 9.17) is 16.3 Å². The summed E-state index contributed by atoms with van der Waals surface area (Å²) in [7, 11) is 0. The van der Waals surface area contributed by atoms with E-state index in [0.717, 1.165) is 5.56 Å². The van der Waals surface area contributed by atoms with Gasteiger partial charge in [0.2, 0.25) is 0 Å². The summed E-state index contributed by atoms with van der Waals surface area (Å²) in [4.78, 5) is 0. The van der Waals surface area contributed by atoms with Crippen LogP contribution >= 0.6 is 11.6 Å². The van der Waals surface area contributed by atoms with Crippen molar-refractivity contribution in [3.63, 3.8) is 0 Å². The van der Waals surface area contributed by atoms with Crippen LogP contribution in [0.4, 0.5) is 4.39 Å². The second kappa shape index (κ2) is 4.54. The van der Waals surface area contributed by atoms with Gasteiger partial charge >= 0.3 is 0 Å². The minimum atomic E-state index is -0.480. The molecule has 0 aliphatic rings. The highest BCUT2D eigenvalue weighted by atomic mass is 35.5. The topological polar surface area (TPSA) is 9.23 Å². The maximum Gasteiger partial charge on any atom is 0.149 e. The molecule has 3 heteroatoms. The van der Waals surface area contributed by atoms with E-state index in [1.165, 1.54) is 6.07 Å². The van der Waals surface area contributed by atoms with Gasteiger partial charge in [-0.1, -0.05) is 35.4 Å². The summed E-state index contributed by atoms with van der Waals surface area (Å²) in [5, 5.41) is 0.00285. The third-order valence-corrected chi connectivity index (χ3v) is 2.53. The van der Waals surface area contributed by atoms with Crippen LogP contribution in [-0.2, 0) is 0 Å². The Balaban J connectivity index is 2.27. The van der Waals surface area contributed by atoms with Gasteiger partial charge in [-0.25, -0.2) is 4.39 Å². The Morgan fingerprint density at radius 2 is 1.75 bits per heavy atom. The maximum absolute atomic E-state index is 13.1. The fourth-order valence-electron chi connectivity index (χ4n) is 1.30. The summed E-state index contributed by atoms with van der Waals surface area (Å²) in [6, 6.07) is 12.0. The molecule has 0 amide bonds. The SMILES string of the molecule is Cc1ccc(Oc2cccc(F)c2Cl)cc1. The van der Waals surface area contributed by atoms with Crippen LogP contribution in [0.3, 0.4) is 0 Å². The van der Waals surface area contributed by atoms with Gasteiger partial charge in [0.1, 0.15) is 22.3 Å². The van der Waals surface area contributed by atoms with Crippen LogP contribution in [0, 0.1) is 12.7 Å². The van der Waals surface area contributed by atoms with Crippen LogP contribution in [-0.4, -0.2) is 0 Å². The third kappa shape index (κ3) is 2.34. The Labute approximate surface area is 98.4 Å². The van der Waals surface area contributed by atoms with Crippen LogP contribution < -0.4 is 4.74 Å². The Hall–Kier alpha value is -1.54. The molecule has 0 N–H and O–H groups in total. The minimum absolute atomic E-state index is 0.00285. The second-order valence-corrected chi connectivity index (χ2v) is 3.85. The zero-order chi connectivity index (χ0) is 11.5. The predicted octanol–water partition coefficient (Wildman–Crippen LogP) is 4.58. The van der Waals surface area contributed by atoms with E-state index in [2.05, 4.69) is 0 Å². The van der Waals surface area contributed by atoms with Crippen molar-refractivity contribution in [2.45, 2.75) is 6.92 Å². The normalized spacial score (nSPS) is 10.2. The molecule has 0 unspecified atom stereocenters. The molecule has 2 rings (SSSR count). The summed E-state index contributed by atoms with van der Waals surface area (Å²) >= 11 is 5.77. The first kappa shape index (κ1) is 11.0. The van der Waals surface area contributed by atoms with Crippen molar-refractivity contribution in [2.24, 2.45) is 0 Å². The van der Waals surface area contributed by atoms with E-state index < -0.39 is 5.82 Å². The molecule has 2 aromatic carbocycles. The molecule has 2 aromatic rings. The van der Waals surface area contributed by atoms with Crippen molar-refractivity contribution in [1.29, 1.82) is 0 Å². The molecule has 0 saturated heterocycles. The van der Waals surface area contributed by atoms with Crippen LogP contribution in [0.1, 0.15) is 5.56 Å².